The van der Waals surface area contributed by atoms with Crippen molar-refractivity contribution in [3.63, 3.8) is 0 Å². The number of imidazole rings is 1. The predicted octanol–water partition coefficient (Wildman–Crippen LogP) is 3.82. The first-order chi connectivity index (χ1) is 13.5. The van der Waals surface area contributed by atoms with Gasteiger partial charge >= 0.3 is 0 Å². The number of H-pyrrole nitrogens is 1. The number of nitrogens with one attached hydrogen (secondary N) is 1. The van der Waals surface area contributed by atoms with Crippen LogP contribution in [0.5, 0.6) is 0 Å². The fourth-order valence-electron chi connectivity index (χ4n) is 3.85. The highest BCUT2D eigenvalue weighted by Crippen LogP contribution is 2.30. The van der Waals surface area contributed by atoms with Crippen molar-refractivity contribution in [3.8, 4) is 11.3 Å². The van der Waals surface area contributed by atoms with Crippen LogP contribution in [0.15, 0.2) is 36.7 Å². The number of aromatic nitrogens is 4. The molecule has 28 heavy (non-hydrogen) atoms. The molecule has 1 amide bonds. The number of likely N-dealkylation sites (tertiary alicyclic amines) is 1. The van der Waals surface area contributed by atoms with Gasteiger partial charge in [0.05, 0.1) is 18.1 Å². The van der Waals surface area contributed by atoms with Crippen LogP contribution in [-0.2, 0) is 17.9 Å². The molecule has 0 unspecified atom stereocenters. The van der Waals surface area contributed by atoms with Gasteiger partial charge in [0.1, 0.15) is 5.82 Å². The minimum absolute atomic E-state index is 0.109. The van der Waals surface area contributed by atoms with Crippen molar-refractivity contribution in [2.75, 3.05) is 6.54 Å². The Bertz CT molecular complexity index is 969. The van der Waals surface area contributed by atoms with Crippen molar-refractivity contribution in [2.24, 2.45) is 0 Å². The molecule has 1 aliphatic rings. The van der Waals surface area contributed by atoms with Gasteiger partial charge in [0.2, 0.25) is 5.91 Å². The van der Waals surface area contributed by atoms with E-state index >= 15 is 0 Å². The molecule has 1 saturated heterocycles. The average molecular weight is 377 g/mol. The molecule has 146 valence electrons. The first-order valence-electron chi connectivity index (χ1n) is 9.96. The van der Waals surface area contributed by atoms with Gasteiger partial charge in [-0.15, -0.1) is 0 Å². The Morgan fingerprint density at radius 2 is 1.96 bits per heavy atom. The number of rotatable bonds is 6. The highest BCUT2D eigenvalue weighted by atomic mass is 16.2. The van der Waals surface area contributed by atoms with Crippen LogP contribution in [0, 0.1) is 13.8 Å². The van der Waals surface area contributed by atoms with Gasteiger partial charge in [-0.05, 0) is 25.8 Å². The topological polar surface area (TPSA) is 66.8 Å². The predicted molar refractivity (Wildman–Crippen MR) is 109 cm³/mol. The summed E-state index contributed by atoms with van der Waals surface area (Å²) in [7, 11) is 0. The lowest BCUT2D eigenvalue weighted by molar-refractivity contribution is -0.128. The summed E-state index contributed by atoms with van der Waals surface area (Å²) in [6.45, 7) is 8.58. The molecular weight excluding hydrogens is 350 g/mol. The Morgan fingerprint density at radius 3 is 2.71 bits per heavy atom. The molecule has 4 rings (SSSR count). The van der Waals surface area contributed by atoms with Gasteiger partial charge < -0.3 is 9.88 Å². The molecule has 6 heteroatoms. The fourth-order valence-corrected chi connectivity index (χ4v) is 3.85. The number of hydrogen-bond acceptors (Lipinski definition) is 3. The number of aryl methyl sites for hydroxylation is 2. The van der Waals surface area contributed by atoms with Gasteiger partial charge in [0.15, 0.2) is 0 Å². The van der Waals surface area contributed by atoms with E-state index < -0.39 is 0 Å². The van der Waals surface area contributed by atoms with E-state index in [4.69, 9.17) is 0 Å². The van der Waals surface area contributed by atoms with E-state index in [0.29, 0.717) is 19.5 Å². The van der Waals surface area contributed by atoms with Crippen LogP contribution in [0.4, 0.5) is 0 Å². The fraction of sp³-hybridized carbons (Fsp3) is 0.409. The highest BCUT2D eigenvalue weighted by Gasteiger charge is 2.32. The van der Waals surface area contributed by atoms with Crippen LogP contribution in [0.25, 0.3) is 11.3 Å². The molecule has 0 aliphatic carbocycles. The summed E-state index contributed by atoms with van der Waals surface area (Å²) in [5.74, 6) is 1.19. The Balaban J connectivity index is 1.47. The number of nitrogens with zero attached hydrogens (tertiary/aromatic N) is 4. The van der Waals surface area contributed by atoms with E-state index in [1.807, 2.05) is 22.0 Å². The van der Waals surface area contributed by atoms with Crippen LogP contribution < -0.4 is 0 Å². The summed E-state index contributed by atoms with van der Waals surface area (Å²) in [6, 6.07) is 8.37. The lowest BCUT2D eigenvalue weighted by atomic mass is 10.1. The zero-order chi connectivity index (χ0) is 19.7. The summed E-state index contributed by atoms with van der Waals surface area (Å²) >= 11 is 0. The zero-order valence-electron chi connectivity index (χ0n) is 16.8. The third kappa shape index (κ3) is 3.59. The lowest BCUT2D eigenvalue weighted by Crippen LogP contribution is -2.24. The van der Waals surface area contributed by atoms with E-state index in [1.54, 1.807) is 0 Å². The largest absolute Gasteiger partial charge is 0.342 e. The minimum atomic E-state index is 0.109. The molecule has 1 fully saturated rings. The number of carbonyl (C=O) groups excluding carboxylic acids is 1. The maximum absolute atomic E-state index is 12.5. The number of carbonyl (C=O) groups is 1. The monoisotopic (exact) mass is 377 g/mol. The molecule has 3 aromatic rings. The average Bonchev–Trinajstić information content (AvgIpc) is 3.38. The number of hydrogen-bond donors (Lipinski definition) is 1. The van der Waals surface area contributed by atoms with Crippen LogP contribution >= 0.6 is 0 Å². The van der Waals surface area contributed by atoms with Crippen molar-refractivity contribution < 1.29 is 4.79 Å². The molecule has 0 spiro atoms. The summed E-state index contributed by atoms with van der Waals surface area (Å²) in [5, 5.41) is 4.47. The SMILES string of the molecule is CCCn1ncc(-c2cnc([C@@H]3CC(=O)N(Cc4ccc(C)cc4)C3)[nH]2)c1C. The van der Waals surface area contributed by atoms with Gasteiger partial charge in [-0.2, -0.15) is 5.10 Å². The molecule has 1 N–H and O–H groups in total. The summed E-state index contributed by atoms with van der Waals surface area (Å²) in [5.41, 5.74) is 5.58. The molecule has 1 aromatic carbocycles. The van der Waals surface area contributed by atoms with E-state index in [1.165, 1.54) is 11.1 Å². The molecular formula is C22H27N5O. The first-order valence-corrected chi connectivity index (χ1v) is 9.96. The highest BCUT2D eigenvalue weighted by molar-refractivity contribution is 5.79. The zero-order valence-corrected chi connectivity index (χ0v) is 16.8. The normalized spacial score (nSPS) is 16.9. The standard InChI is InChI=1S/C22H27N5O/c1-4-9-27-16(3)19(11-24-27)20-12-23-22(25-20)18-10-21(28)26(14-18)13-17-7-5-15(2)6-8-17/h5-8,11-12,18H,4,9-10,13-14H2,1-3H3,(H,23,25)/t18-/m1/s1. The number of benzene rings is 1. The second-order valence-corrected chi connectivity index (χ2v) is 7.71. The van der Waals surface area contributed by atoms with Gasteiger partial charge in [-0.1, -0.05) is 36.8 Å². The third-order valence-corrected chi connectivity index (χ3v) is 5.52. The quantitative estimate of drug-likeness (QED) is 0.710. The molecule has 0 radical (unpaired) electrons. The summed E-state index contributed by atoms with van der Waals surface area (Å²) < 4.78 is 2.03. The van der Waals surface area contributed by atoms with E-state index in [0.717, 1.165) is 35.7 Å². The third-order valence-electron chi connectivity index (χ3n) is 5.52. The first kappa shape index (κ1) is 18.5. The van der Waals surface area contributed by atoms with Gasteiger partial charge in [0.25, 0.3) is 0 Å². The Hall–Kier alpha value is -2.89. The van der Waals surface area contributed by atoms with Crippen LogP contribution in [0.2, 0.25) is 0 Å². The van der Waals surface area contributed by atoms with Crippen LogP contribution in [-0.4, -0.2) is 37.1 Å². The van der Waals surface area contributed by atoms with Crippen molar-refractivity contribution in [3.05, 3.63) is 59.3 Å². The smallest absolute Gasteiger partial charge is 0.223 e. The Kier molecular flexibility index (Phi) is 5.03. The molecule has 0 saturated carbocycles. The van der Waals surface area contributed by atoms with Crippen molar-refractivity contribution in [2.45, 2.75) is 52.6 Å². The van der Waals surface area contributed by atoms with Gasteiger partial charge in [-0.3, -0.25) is 9.48 Å². The van der Waals surface area contributed by atoms with Crippen molar-refractivity contribution in [1.29, 1.82) is 0 Å². The molecule has 1 aliphatic heterocycles. The second-order valence-electron chi connectivity index (χ2n) is 7.71. The number of aromatic amines is 1. The molecule has 0 bridgehead atoms. The summed E-state index contributed by atoms with van der Waals surface area (Å²) in [4.78, 5) is 22.5. The summed E-state index contributed by atoms with van der Waals surface area (Å²) in [6.07, 6.45) is 5.32. The maximum atomic E-state index is 12.5. The van der Waals surface area contributed by atoms with Gasteiger partial charge in [0, 0.05) is 43.2 Å². The maximum Gasteiger partial charge on any atom is 0.223 e. The van der Waals surface area contributed by atoms with Crippen LogP contribution in [0.3, 0.4) is 0 Å². The van der Waals surface area contributed by atoms with E-state index in [-0.39, 0.29) is 11.8 Å². The Morgan fingerprint density at radius 1 is 1.18 bits per heavy atom. The molecule has 3 heterocycles. The van der Waals surface area contributed by atoms with E-state index in [9.17, 15) is 4.79 Å². The molecule has 6 nitrogen and oxygen atoms in total. The van der Waals surface area contributed by atoms with Crippen molar-refractivity contribution in [1.82, 2.24) is 24.6 Å². The molecule has 2 aromatic heterocycles. The van der Waals surface area contributed by atoms with Crippen molar-refractivity contribution >= 4 is 5.91 Å². The molecule has 1 atom stereocenters. The minimum Gasteiger partial charge on any atom is -0.342 e. The second kappa shape index (κ2) is 7.62. The van der Waals surface area contributed by atoms with E-state index in [2.05, 4.69) is 60.1 Å². The van der Waals surface area contributed by atoms with Crippen LogP contribution in [0.1, 0.15) is 48.3 Å². The lowest BCUT2D eigenvalue weighted by Gasteiger charge is -2.16. The number of amides is 1. The Labute approximate surface area is 165 Å². The van der Waals surface area contributed by atoms with Gasteiger partial charge in [-0.25, -0.2) is 4.98 Å².